The van der Waals surface area contributed by atoms with Gasteiger partial charge in [-0.05, 0) is 50.2 Å². The van der Waals surface area contributed by atoms with Crippen LogP contribution in [0.5, 0.6) is 0 Å². The fraction of sp³-hybridized carbons (Fsp3) is 0.933. The highest BCUT2D eigenvalue weighted by atomic mass is 16.8. The maximum absolute atomic E-state index is 12.5. The summed E-state index contributed by atoms with van der Waals surface area (Å²) in [4.78, 5) is 33.4. The molecule has 15 atom stereocenters. The number of aliphatic hydroxyl groups excluding tert-OH is 1. The van der Waals surface area contributed by atoms with Crippen LogP contribution in [0.4, 0.5) is 0 Å². The first-order valence-electron chi connectivity index (χ1n) is 17.1. The minimum absolute atomic E-state index is 0.208. The molecule has 51 heavy (non-hydrogen) atoms. The van der Waals surface area contributed by atoms with E-state index in [1.54, 1.807) is 13.8 Å². The second-order valence-corrected chi connectivity index (χ2v) is 12.5. The molecule has 21 nitrogen and oxygen atoms in total. The smallest absolute Gasteiger partial charge is 0.303 e. The number of azide groups is 3. The fourth-order valence-electron chi connectivity index (χ4n) is 6.20. The highest BCUT2D eigenvalue weighted by molar-refractivity contribution is 5.66. The zero-order valence-electron chi connectivity index (χ0n) is 29.9. The largest absolute Gasteiger partial charge is 0.454 e. The van der Waals surface area contributed by atoms with E-state index in [1.807, 2.05) is 13.8 Å². The summed E-state index contributed by atoms with van der Waals surface area (Å²) in [5, 5.41) is 22.4. The lowest BCUT2D eigenvalue weighted by molar-refractivity contribution is -0.367. The molecule has 0 aromatic rings. The van der Waals surface area contributed by atoms with Gasteiger partial charge in [-0.3, -0.25) is 9.59 Å². The summed E-state index contributed by atoms with van der Waals surface area (Å²) < 4.78 is 54.5. The van der Waals surface area contributed by atoms with Crippen molar-refractivity contribution in [2.24, 2.45) is 15.3 Å². The third kappa shape index (κ3) is 11.0. The third-order valence-electron chi connectivity index (χ3n) is 8.65. The van der Waals surface area contributed by atoms with Gasteiger partial charge in [0.1, 0.15) is 18.3 Å². The van der Waals surface area contributed by atoms with Crippen LogP contribution in [0.2, 0.25) is 0 Å². The molecule has 3 aliphatic heterocycles. The van der Waals surface area contributed by atoms with Gasteiger partial charge in [-0.2, -0.15) is 0 Å². The summed E-state index contributed by atoms with van der Waals surface area (Å²) in [5.41, 5.74) is 28.3. The molecule has 0 bridgehead atoms. The zero-order chi connectivity index (χ0) is 37.7. The van der Waals surface area contributed by atoms with Crippen molar-refractivity contribution < 1.29 is 57.3 Å². The SMILES string of the molecule is CCCCOC1C(OC(C)=O)[C@@H](OC2[C@@H](OC3[C@H](N=[N+]=[N-])C(C)OC(O)[C@@H]3OC(C)=O)OC(C)[C@@H](N=[N+]=[N-])[C@@H]2OCCCC)OC(C)[C@H]1N=[N+]=[N-]. The second kappa shape index (κ2) is 20.6. The Balaban J connectivity index is 2.15. The molecular weight excluding hydrogens is 678 g/mol. The Morgan fingerprint density at radius 2 is 1.02 bits per heavy atom. The molecule has 1 N–H and O–H groups in total. The van der Waals surface area contributed by atoms with E-state index in [2.05, 4.69) is 30.1 Å². The minimum Gasteiger partial charge on any atom is -0.454 e. The van der Waals surface area contributed by atoms with E-state index in [4.69, 9.17) is 42.6 Å². The minimum atomic E-state index is -1.68. The summed E-state index contributed by atoms with van der Waals surface area (Å²) in [7, 11) is 0. The monoisotopic (exact) mass is 727 g/mol. The van der Waals surface area contributed by atoms with Crippen LogP contribution in [0.25, 0.3) is 31.3 Å². The lowest BCUT2D eigenvalue weighted by Gasteiger charge is -2.50. The summed E-state index contributed by atoms with van der Waals surface area (Å²) in [5.74, 6) is -1.48. The predicted octanol–water partition coefficient (Wildman–Crippen LogP) is 4.25. The summed E-state index contributed by atoms with van der Waals surface area (Å²) in [6.07, 6.45) is -11.8. The molecule has 3 saturated heterocycles. The van der Waals surface area contributed by atoms with Crippen LogP contribution in [0, 0.1) is 0 Å². The molecule has 3 fully saturated rings. The van der Waals surface area contributed by atoms with Gasteiger partial charge in [-0.15, -0.1) is 0 Å². The van der Waals surface area contributed by atoms with E-state index >= 15 is 0 Å². The number of unbranched alkanes of at least 4 members (excludes halogenated alkanes) is 2. The maximum Gasteiger partial charge on any atom is 0.303 e. The fourth-order valence-corrected chi connectivity index (χ4v) is 6.20. The average molecular weight is 728 g/mol. The van der Waals surface area contributed by atoms with Crippen LogP contribution < -0.4 is 0 Å². The molecule has 0 amide bonds. The molecule has 0 saturated carbocycles. The number of ether oxygens (including phenoxy) is 9. The van der Waals surface area contributed by atoms with Gasteiger partial charge in [-0.25, -0.2) is 0 Å². The van der Waals surface area contributed by atoms with Crippen molar-refractivity contribution in [3.8, 4) is 0 Å². The number of esters is 2. The highest BCUT2D eigenvalue weighted by Gasteiger charge is 2.55. The molecule has 21 heteroatoms. The Morgan fingerprint density at radius 1 is 0.627 bits per heavy atom. The number of nitrogens with zero attached hydrogens (tertiary/aromatic N) is 9. The molecule has 3 heterocycles. The van der Waals surface area contributed by atoms with Gasteiger partial charge in [-0.1, -0.05) is 42.0 Å². The van der Waals surface area contributed by atoms with Crippen LogP contribution in [0.3, 0.4) is 0 Å². The van der Waals surface area contributed by atoms with E-state index in [9.17, 15) is 31.3 Å². The Labute approximate surface area is 295 Å². The zero-order valence-corrected chi connectivity index (χ0v) is 29.9. The Bertz CT molecular complexity index is 1300. The van der Waals surface area contributed by atoms with Crippen LogP contribution in [-0.4, -0.2) is 122 Å². The second-order valence-electron chi connectivity index (χ2n) is 12.5. The van der Waals surface area contributed by atoms with Crippen molar-refractivity contribution in [2.75, 3.05) is 13.2 Å². The standard InChI is InChI=1S/C30H49N9O12/c1-8-10-12-43-22-19(34-37-31)15(4)46-29(26(22)49-18(7)41)51-27-23(44-13-11-9-2)20(35-38-32)16(5)47-30(27)50-24-21(36-39-33)14(3)45-28(42)25(24)48-17(6)40/h14-16,19-30,42H,8-13H2,1-7H3/t14?,15?,16?,19-,20-,21-,22?,23+,24?,25-,26?,27?,28?,29-,30-/m1/s1. The van der Waals surface area contributed by atoms with Crippen LogP contribution >= 0.6 is 0 Å². The van der Waals surface area contributed by atoms with Crippen molar-refractivity contribution in [2.45, 2.75) is 166 Å². The number of aliphatic hydroxyl groups is 1. The number of carbonyl (C=O) groups is 2. The Hall–Kier alpha value is -3.45. The Morgan fingerprint density at radius 3 is 1.47 bits per heavy atom. The molecule has 0 aromatic carbocycles. The van der Waals surface area contributed by atoms with Gasteiger partial charge < -0.3 is 47.7 Å². The molecule has 0 aromatic heterocycles. The van der Waals surface area contributed by atoms with Gasteiger partial charge >= 0.3 is 11.9 Å². The average Bonchev–Trinajstić information content (AvgIpc) is 3.06. The lowest BCUT2D eigenvalue weighted by atomic mass is 9.94. The first-order chi connectivity index (χ1) is 24.4. The first-order valence-corrected chi connectivity index (χ1v) is 17.1. The maximum atomic E-state index is 12.5. The predicted molar refractivity (Wildman–Crippen MR) is 174 cm³/mol. The summed E-state index contributed by atoms with van der Waals surface area (Å²) in [6.45, 7) is 11.5. The number of rotatable bonds is 17. The van der Waals surface area contributed by atoms with Gasteiger partial charge in [0.15, 0.2) is 31.1 Å². The highest BCUT2D eigenvalue weighted by Crippen LogP contribution is 2.37. The number of hydrogen-bond donors (Lipinski definition) is 1. The van der Waals surface area contributed by atoms with E-state index in [-0.39, 0.29) is 13.2 Å². The van der Waals surface area contributed by atoms with Gasteiger partial charge in [0, 0.05) is 41.8 Å². The van der Waals surface area contributed by atoms with E-state index in [0.717, 1.165) is 19.8 Å². The van der Waals surface area contributed by atoms with Gasteiger partial charge in [0.05, 0.1) is 42.5 Å². The first kappa shape index (κ1) is 42.0. The normalized spacial score (nSPS) is 37.9. The number of hydrogen-bond acceptors (Lipinski definition) is 15. The molecule has 0 radical (unpaired) electrons. The van der Waals surface area contributed by atoms with E-state index in [0.29, 0.717) is 12.8 Å². The van der Waals surface area contributed by atoms with Crippen molar-refractivity contribution in [3.05, 3.63) is 31.3 Å². The molecule has 8 unspecified atom stereocenters. The number of carbonyl (C=O) groups excluding carboxylic acids is 2. The van der Waals surface area contributed by atoms with Crippen molar-refractivity contribution in [3.63, 3.8) is 0 Å². The topological polar surface area (TPSA) is 284 Å². The van der Waals surface area contributed by atoms with Gasteiger partial charge in [0.25, 0.3) is 0 Å². The van der Waals surface area contributed by atoms with E-state index < -0.39 is 104 Å². The van der Waals surface area contributed by atoms with Crippen LogP contribution in [-0.2, 0) is 52.2 Å². The molecule has 3 aliphatic rings. The molecule has 0 spiro atoms. The lowest BCUT2D eigenvalue weighted by Crippen LogP contribution is -2.66. The van der Waals surface area contributed by atoms with Crippen molar-refractivity contribution in [1.82, 2.24) is 0 Å². The molecule has 286 valence electrons. The van der Waals surface area contributed by atoms with Gasteiger partial charge in [0.2, 0.25) is 0 Å². The van der Waals surface area contributed by atoms with Crippen LogP contribution in [0.1, 0.15) is 74.1 Å². The Kier molecular flexibility index (Phi) is 16.9. The summed E-state index contributed by atoms with van der Waals surface area (Å²) in [6, 6.07) is -3.04. The molecule has 3 rings (SSSR count). The summed E-state index contributed by atoms with van der Waals surface area (Å²) >= 11 is 0. The van der Waals surface area contributed by atoms with Crippen LogP contribution in [0.15, 0.2) is 15.3 Å². The quantitative estimate of drug-likeness (QED) is 0.0723. The van der Waals surface area contributed by atoms with Crippen molar-refractivity contribution in [1.29, 1.82) is 0 Å². The van der Waals surface area contributed by atoms with E-state index in [1.165, 1.54) is 13.8 Å². The molecular formula is C30H49N9O12. The molecule has 0 aliphatic carbocycles. The third-order valence-corrected chi connectivity index (χ3v) is 8.65. The van der Waals surface area contributed by atoms with Crippen molar-refractivity contribution >= 4 is 11.9 Å².